The second-order valence-electron chi connectivity index (χ2n) is 6.13. The summed E-state index contributed by atoms with van der Waals surface area (Å²) in [7, 11) is 0. The Kier molecular flexibility index (Phi) is 3.78. The summed E-state index contributed by atoms with van der Waals surface area (Å²) < 4.78 is 5.18. The second-order valence-corrected chi connectivity index (χ2v) is 6.52. The van der Waals surface area contributed by atoms with Gasteiger partial charge in [-0.1, -0.05) is 11.6 Å². The van der Waals surface area contributed by atoms with Crippen molar-refractivity contribution in [3.05, 3.63) is 17.0 Å². The molecule has 0 N–H and O–H groups in total. The second kappa shape index (κ2) is 5.44. The molecule has 1 saturated heterocycles. The third-order valence-electron chi connectivity index (χ3n) is 4.21. The van der Waals surface area contributed by atoms with Crippen LogP contribution in [0.2, 0.25) is 5.15 Å². The molecule has 3 rings (SSSR count). The molecule has 1 saturated carbocycles. The fraction of sp³-hybridized carbons (Fsp3) is 0.667. The van der Waals surface area contributed by atoms with Crippen molar-refractivity contribution in [2.75, 3.05) is 24.6 Å². The highest BCUT2D eigenvalue weighted by molar-refractivity contribution is 6.29. The molecule has 2 fully saturated rings. The van der Waals surface area contributed by atoms with Gasteiger partial charge in [0.1, 0.15) is 16.8 Å². The maximum Gasteiger partial charge on any atom is 0.313 e. The van der Waals surface area contributed by atoms with E-state index in [1.165, 1.54) is 0 Å². The highest BCUT2D eigenvalue weighted by atomic mass is 35.5. The Morgan fingerprint density at radius 2 is 2.29 bits per heavy atom. The van der Waals surface area contributed by atoms with Gasteiger partial charge in [0.15, 0.2) is 0 Å². The number of halogens is 1. The number of hydrogen-bond acceptors (Lipinski definition) is 5. The summed E-state index contributed by atoms with van der Waals surface area (Å²) in [5.41, 5.74) is -0.465. The van der Waals surface area contributed by atoms with E-state index < -0.39 is 5.41 Å². The SMILES string of the molecule is CCOC(=O)C1(C)CCN(c2cc(Cl)nc(C3CC3)n2)C1. The van der Waals surface area contributed by atoms with Gasteiger partial charge in [-0.2, -0.15) is 0 Å². The van der Waals surface area contributed by atoms with Gasteiger partial charge in [0.25, 0.3) is 0 Å². The van der Waals surface area contributed by atoms with Crippen LogP contribution in [0.1, 0.15) is 44.9 Å². The largest absolute Gasteiger partial charge is 0.466 e. The summed E-state index contributed by atoms with van der Waals surface area (Å²) in [6.07, 6.45) is 3.05. The van der Waals surface area contributed by atoms with E-state index in [4.69, 9.17) is 16.3 Å². The number of carbonyl (C=O) groups excluding carboxylic acids is 1. The number of esters is 1. The molecule has 0 radical (unpaired) electrons. The van der Waals surface area contributed by atoms with Gasteiger partial charge in [-0.25, -0.2) is 9.97 Å². The minimum Gasteiger partial charge on any atom is -0.466 e. The van der Waals surface area contributed by atoms with Crippen LogP contribution < -0.4 is 4.90 Å². The Labute approximate surface area is 129 Å². The van der Waals surface area contributed by atoms with Gasteiger partial charge in [0.2, 0.25) is 0 Å². The summed E-state index contributed by atoms with van der Waals surface area (Å²) in [6.45, 7) is 5.60. The number of ether oxygens (including phenoxy) is 1. The van der Waals surface area contributed by atoms with E-state index in [-0.39, 0.29) is 5.97 Å². The highest BCUT2D eigenvalue weighted by Gasteiger charge is 2.42. The van der Waals surface area contributed by atoms with Crippen LogP contribution in [0, 0.1) is 5.41 Å². The number of hydrogen-bond donors (Lipinski definition) is 0. The normalized spacial score (nSPS) is 25.2. The van der Waals surface area contributed by atoms with E-state index in [1.54, 1.807) is 6.07 Å². The predicted molar refractivity (Wildman–Crippen MR) is 80.6 cm³/mol. The number of anilines is 1. The van der Waals surface area contributed by atoms with E-state index in [0.717, 1.165) is 37.4 Å². The van der Waals surface area contributed by atoms with E-state index in [9.17, 15) is 4.79 Å². The van der Waals surface area contributed by atoms with Gasteiger partial charge in [0.05, 0.1) is 12.0 Å². The molecule has 0 bridgehead atoms. The average Bonchev–Trinajstić information content (AvgIpc) is 3.21. The van der Waals surface area contributed by atoms with Gasteiger partial charge in [-0.3, -0.25) is 4.79 Å². The van der Waals surface area contributed by atoms with Gasteiger partial charge in [-0.05, 0) is 33.1 Å². The minimum atomic E-state index is -0.465. The van der Waals surface area contributed by atoms with Crippen LogP contribution in [0.15, 0.2) is 6.07 Å². The molecular weight excluding hydrogens is 290 g/mol. The van der Waals surface area contributed by atoms with Gasteiger partial charge >= 0.3 is 5.97 Å². The number of carbonyl (C=O) groups is 1. The van der Waals surface area contributed by atoms with Crippen LogP contribution in [0.4, 0.5) is 5.82 Å². The van der Waals surface area contributed by atoms with E-state index in [1.807, 2.05) is 13.8 Å². The van der Waals surface area contributed by atoms with Crippen molar-refractivity contribution in [1.82, 2.24) is 9.97 Å². The molecule has 1 atom stereocenters. The van der Waals surface area contributed by atoms with Crippen LogP contribution in [0.5, 0.6) is 0 Å². The summed E-state index contributed by atoms with van der Waals surface area (Å²) in [4.78, 5) is 23.1. The lowest BCUT2D eigenvalue weighted by atomic mass is 9.90. The molecule has 0 spiro atoms. The zero-order chi connectivity index (χ0) is 15.0. The van der Waals surface area contributed by atoms with Crippen LogP contribution >= 0.6 is 11.6 Å². The highest BCUT2D eigenvalue weighted by Crippen LogP contribution is 2.40. The van der Waals surface area contributed by atoms with Crippen LogP contribution in [0.25, 0.3) is 0 Å². The molecule has 114 valence electrons. The molecule has 1 aliphatic heterocycles. The molecule has 0 aromatic carbocycles. The summed E-state index contributed by atoms with van der Waals surface area (Å²) in [5, 5.41) is 0.478. The van der Waals surface area contributed by atoms with Crippen molar-refractivity contribution in [3.63, 3.8) is 0 Å². The maximum atomic E-state index is 12.1. The Morgan fingerprint density at radius 1 is 1.52 bits per heavy atom. The van der Waals surface area contributed by atoms with Crippen LogP contribution in [-0.4, -0.2) is 35.6 Å². The monoisotopic (exact) mass is 309 g/mol. The van der Waals surface area contributed by atoms with Crippen molar-refractivity contribution in [2.24, 2.45) is 5.41 Å². The first-order valence-electron chi connectivity index (χ1n) is 7.48. The standard InChI is InChI=1S/C15H20ClN3O2/c1-3-21-14(20)15(2)6-7-19(9-15)12-8-11(16)17-13(18-12)10-4-5-10/h8,10H,3-7,9H2,1-2H3. The fourth-order valence-electron chi connectivity index (χ4n) is 2.74. The lowest BCUT2D eigenvalue weighted by Gasteiger charge is -2.23. The molecule has 1 aliphatic carbocycles. The minimum absolute atomic E-state index is 0.130. The lowest BCUT2D eigenvalue weighted by molar-refractivity contribution is -0.153. The smallest absolute Gasteiger partial charge is 0.313 e. The predicted octanol–water partition coefficient (Wildman–Crippen LogP) is 2.79. The molecular formula is C15H20ClN3O2. The van der Waals surface area contributed by atoms with Gasteiger partial charge in [0, 0.05) is 25.1 Å². The van der Waals surface area contributed by atoms with Crippen molar-refractivity contribution < 1.29 is 9.53 Å². The first-order valence-corrected chi connectivity index (χ1v) is 7.86. The zero-order valence-corrected chi connectivity index (χ0v) is 13.2. The molecule has 2 heterocycles. The van der Waals surface area contributed by atoms with Crippen molar-refractivity contribution in [1.29, 1.82) is 0 Å². The summed E-state index contributed by atoms with van der Waals surface area (Å²) in [5.74, 6) is 1.99. The average molecular weight is 310 g/mol. The Hall–Kier alpha value is -1.36. The first kappa shape index (κ1) is 14.6. The van der Waals surface area contributed by atoms with Crippen molar-refractivity contribution >= 4 is 23.4 Å². The first-order chi connectivity index (χ1) is 10.0. The molecule has 1 aromatic rings. The molecule has 2 aliphatic rings. The Morgan fingerprint density at radius 3 is 2.95 bits per heavy atom. The number of rotatable bonds is 4. The number of aromatic nitrogens is 2. The molecule has 0 amide bonds. The summed E-state index contributed by atoms with van der Waals surface area (Å²) >= 11 is 6.11. The van der Waals surface area contributed by atoms with E-state index in [2.05, 4.69) is 14.9 Å². The summed E-state index contributed by atoms with van der Waals surface area (Å²) in [6, 6.07) is 1.78. The Bertz CT molecular complexity index is 562. The Balaban J connectivity index is 1.78. The van der Waals surface area contributed by atoms with Crippen LogP contribution in [-0.2, 0) is 9.53 Å². The van der Waals surface area contributed by atoms with Crippen molar-refractivity contribution in [2.45, 2.75) is 39.0 Å². The molecule has 21 heavy (non-hydrogen) atoms. The topological polar surface area (TPSA) is 55.3 Å². The molecule has 6 heteroatoms. The third kappa shape index (κ3) is 2.98. The van der Waals surface area contributed by atoms with Gasteiger partial charge in [-0.15, -0.1) is 0 Å². The third-order valence-corrected chi connectivity index (χ3v) is 4.40. The van der Waals surface area contributed by atoms with Gasteiger partial charge < -0.3 is 9.64 Å². The molecule has 5 nitrogen and oxygen atoms in total. The van der Waals surface area contributed by atoms with Crippen molar-refractivity contribution in [3.8, 4) is 0 Å². The lowest BCUT2D eigenvalue weighted by Crippen LogP contribution is -2.33. The fourth-order valence-corrected chi connectivity index (χ4v) is 2.92. The maximum absolute atomic E-state index is 12.1. The molecule has 1 unspecified atom stereocenters. The molecule has 1 aromatic heterocycles. The quantitative estimate of drug-likeness (QED) is 0.632. The zero-order valence-electron chi connectivity index (χ0n) is 12.4. The van der Waals surface area contributed by atoms with Crippen LogP contribution in [0.3, 0.4) is 0 Å². The number of nitrogens with zero attached hydrogens (tertiary/aromatic N) is 3. The van der Waals surface area contributed by atoms with E-state index in [0.29, 0.717) is 24.2 Å². The van der Waals surface area contributed by atoms with E-state index >= 15 is 0 Å².